The predicted molar refractivity (Wildman–Crippen MR) is 77.4 cm³/mol. The Hall–Kier alpha value is -3.30. The summed E-state index contributed by atoms with van der Waals surface area (Å²) >= 11 is 0. The van der Waals surface area contributed by atoms with Crippen LogP contribution in [-0.2, 0) is 4.79 Å². The molecule has 1 aromatic rings. The standard InChI is InChI=1S/C15H13N5O/c1-10(2)15(21)20-13-5-3-12(4-6-13)19-14(9-18)11(7-16)8-17/h3-6,10,19H,1-2H3,(H,20,21). The minimum Gasteiger partial charge on any atom is -0.345 e. The summed E-state index contributed by atoms with van der Waals surface area (Å²) < 4.78 is 0. The average Bonchev–Trinajstić information content (AvgIpc) is 2.48. The van der Waals surface area contributed by atoms with Gasteiger partial charge in [0.25, 0.3) is 0 Å². The van der Waals surface area contributed by atoms with Crippen molar-refractivity contribution < 1.29 is 4.79 Å². The summed E-state index contributed by atoms with van der Waals surface area (Å²) in [7, 11) is 0. The molecule has 0 saturated carbocycles. The molecule has 0 atom stereocenters. The van der Waals surface area contributed by atoms with E-state index < -0.39 is 0 Å². The Bertz CT molecular complexity index is 665. The number of carbonyl (C=O) groups excluding carboxylic acids is 1. The van der Waals surface area contributed by atoms with Crippen LogP contribution in [0, 0.1) is 39.9 Å². The van der Waals surface area contributed by atoms with Gasteiger partial charge in [-0.3, -0.25) is 4.79 Å². The summed E-state index contributed by atoms with van der Waals surface area (Å²) in [4.78, 5) is 11.5. The van der Waals surface area contributed by atoms with E-state index in [1.807, 2.05) is 0 Å². The molecule has 0 bridgehead atoms. The average molecular weight is 279 g/mol. The highest BCUT2D eigenvalue weighted by Gasteiger charge is 2.08. The number of anilines is 2. The second-order valence-electron chi connectivity index (χ2n) is 4.43. The molecule has 0 aliphatic heterocycles. The molecule has 2 N–H and O–H groups in total. The molecule has 104 valence electrons. The molecule has 0 spiro atoms. The largest absolute Gasteiger partial charge is 0.345 e. The van der Waals surface area contributed by atoms with Crippen molar-refractivity contribution in [2.45, 2.75) is 13.8 Å². The van der Waals surface area contributed by atoms with Gasteiger partial charge in [0.2, 0.25) is 5.91 Å². The first-order chi connectivity index (χ1) is 10.0. The van der Waals surface area contributed by atoms with Gasteiger partial charge in [0, 0.05) is 17.3 Å². The zero-order valence-electron chi connectivity index (χ0n) is 11.6. The Balaban J connectivity index is 2.88. The fourth-order valence-electron chi connectivity index (χ4n) is 1.35. The lowest BCUT2D eigenvalue weighted by Gasteiger charge is -2.09. The first kappa shape index (κ1) is 15.8. The molecule has 21 heavy (non-hydrogen) atoms. The van der Waals surface area contributed by atoms with E-state index in [-0.39, 0.29) is 23.1 Å². The van der Waals surface area contributed by atoms with Crippen molar-refractivity contribution in [3.8, 4) is 18.2 Å². The highest BCUT2D eigenvalue weighted by atomic mass is 16.1. The van der Waals surface area contributed by atoms with Crippen LogP contribution < -0.4 is 10.6 Å². The number of benzene rings is 1. The number of hydrogen-bond acceptors (Lipinski definition) is 5. The molecule has 0 heterocycles. The summed E-state index contributed by atoms with van der Waals surface area (Å²) in [5.74, 6) is -0.214. The number of nitriles is 3. The Kier molecular flexibility index (Phi) is 5.50. The van der Waals surface area contributed by atoms with Crippen molar-refractivity contribution in [2.75, 3.05) is 10.6 Å². The molecule has 1 amide bonds. The van der Waals surface area contributed by atoms with E-state index in [2.05, 4.69) is 10.6 Å². The van der Waals surface area contributed by atoms with E-state index in [1.54, 1.807) is 56.3 Å². The zero-order valence-corrected chi connectivity index (χ0v) is 11.6. The van der Waals surface area contributed by atoms with Crippen molar-refractivity contribution in [1.82, 2.24) is 0 Å². The summed E-state index contributed by atoms with van der Waals surface area (Å²) in [6.45, 7) is 3.58. The number of rotatable bonds is 4. The lowest BCUT2D eigenvalue weighted by molar-refractivity contribution is -0.118. The molecule has 0 aromatic heterocycles. The Morgan fingerprint density at radius 1 is 0.952 bits per heavy atom. The van der Waals surface area contributed by atoms with E-state index in [0.29, 0.717) is 11.4 Å². The second-order valence-corrected chi connectivity index (χ2v) is 4.43. The smallest absolute Gasteiger partial charge is 0.226 e. The van der Waals surface area contributed by atoms with Crippen molar-refractivity contribution in [2.24, 2.45) is 5.92 Å². The lowest BCUT2D eigenvalue weighted by atomic mass is 10.2. The SMILES string of the molecule is CC(C)C(=O)Nc1ccc(NC(C#N)=C(C#N)C#N)cc1. The minimum atomic E-state index is -0.283. The van der Waals surface area contributed by atoms with Crippen LogP contribution in [0.15, 0.2) is 35.5 Å². The number of allylic oxidation sites excluding steroid dienone is 2. The minimum absolute atomic E-state index is 0.0930. The molecule has 0 aliphatic carbocycles. The van der Waals surface area contributed by atoms with Crippen LogP contribution in [0.2, 0.25) is 0 Å². The molecule has 0 radical (unpaired) electrons. The van der Waals surface area contributed by atoms with Crippen LogP contribution in [0.4, 0.5) is 11.4 Å². The fraction of sp³-hybridized carbons (Fsp3) is 0.200. The van der Waals surface area contributed by atoms with Gasteiger partial charge in [-0.2, -0.15) is 15.8 Å². The van der Waals surface area contributed by atoms with E-state index in [9.17, 15) is 4.79 Å². The molecule has 0 unspecified atom stereocenters. The molecular formula is C15H13N5O. The third kappa shape index (κ3) is 4.38. The molecule has 1 aromatic carbocycles. The van der Waals surface area contributed by atoms with Gasteiger partial charge < -0.3 is 10.6 Å². The molecule has 0 aliphatic rings. The second kappa shape index (κ2) is 7.33. The first-order valence-electron chi connectivity index (χ1n) is 6.14. The maximum Gasteiger partial charge on any atom is 0.226 e. The quantitative estimate of drug-likeness (QED) is 0.822. The monoisotopic (exact) mass is 279 g/mol. The van der Waals surface area contributed by atoms with Gasteiger partial charge in [-0.15, -0.1) is 0 Å². The summed E-state index contributed by atoms with van der Waals surface area (Å²) in [5, 5.41) is 31.8. The van der Waals surface area contributed by atoms with Crippen molar-refractivity contribution in [1.29, 1.82) is 15.8 Å². The molecule has 1 rings (SSSR count). The van der Waals surface area contributed by atoms with Crippen LogP contribution >= 0.6 is 0 Å². The van der Waals surface area contributed by atoms with Crippen LogP contribution in [0.25, 0.3) is 0 Å². The van der Waals surface area contributed by atoms with Gasteiger partial charge in [-0.1, -0.05) is 13.8 Å². The van der Waals surface area contributed by atoms with Crippen LogP contribution in [0.1, 0.15) is 13.8 Å². The van der Waals surface area contributed by atoms with Gasteiger partial charge in [0.05, 0.1) is 0 Å². The van der Waals surface area contributed by atoms with E-state index in [0.717, 1.165) is 0 Å². The molecule has 6 nitrogen and oxygen atoms in total. The van der Waals surface area contributed by atoms with Gasteiger partial charge in [-0.05, 0) is 24.3 Å². The Morgan fingerprint density at radius 2 is 1.43 bits per heavy atom. The number of amides is 1. The maximum atomic E-state index is 11.5. The van der Waals surface area contributed by atoms with Gasteiger partial charge in [0.15, 0.2) is 5.57 Å². The Labute approximate surface area is 122 Å². The molecule has 6 heteroatoms. The third-order valence-corrected chi connectivity index (χ3v) is 2.53. The normalized spacial score (nSPS) is 8.95. The van der Waals surface area contributed by atoms with Crippen LogP contribution in [0.5, 0.6) is 0 Å². The highest BCUT2D eigenvalue weighted by molar-refractivity contribution is 5.92. The summed E-state index contributed by atoms with van der Waals surface area (Å²) in [6, 6.07) is 11.7. The lowest BCUT2D eigenvalue weighted by Crippen LogP contribution is -2.17. The number of hydrogen-bond donors (Lipinski definition) is 2. The fourth-order valence-corrected chi connectivity index (χ4v) is 1.35. The topological polar surface area (TPSA) is 112 Å². The number of carbonyl (C=O) groups is 1. The van der Waals surface area contributed by atoms with Crippen molar-refractivity contribution in [3.63, 3.8) is 0 Å². The van der Waals surface area contributed by atoms with E-state index in [4.69, 9.17) is 15.8 Å². The maximum absolute atomic E-state index is 11.5. The van der Waals surface area contributed by atoms with Gasteiger partial charge >= 0.3 is 0 Å². The molecular weight excluding hydrogens is 266 g/mol. The summed E-state index contributed by atoms with van der Waals surface area (Å²) in [5.41, 5.74) is 0.772. The number of nitrogens with one attached hydrogen (secondary N) is 2. The first-order valence-corrected chi connectivity index (χ1v) is 6.14. The van der Waals surface area contributed by atoms with Crippen LogP contribution in [-0.4, -0.2) is 5.91 Å². The molecule has 0 saturated heterocycles. The zero-order chi connectivity index (χ0) is 15.8. The third-order valence-electron chi connectivity index (χ3n) is 2.53. The molecule has 0 fully saturated rings. The Morgan fingerprint density at radius 3 is 1.81 bits per heavy atom. The number of nitrogens with zero attached hydrogens (tertiary/aromatic N) is 3. The van der Waals surface area contributed by atoms with Gasteiger partial charge in [0.1, 0.15) is 23.9 Å². The summed E-state index contributed by atoms with van der Waals surface area (Å²) in [6.07, 6.45) is 0. The van der Waals surface area contributed by atoms with E-state index >= 15 is 0 Å². The highest BCUT2D eigenvalue weighted by Crippen LogP contribution is 2.16. The van der Waals surface area contributed by atoms with Gasteiger partial charge in [-0.25, -0.2) is 0 Å². The predicted octanol–water partition coefficient (Wildman–Crippen LogP) is 2.52. The van der Waals surface area contributed by atoms with Crippen molar-refractivity contribution >= 4 is 17.3 Å². The van der Waals surface area contributed by atoms with E-state index in [1.165, 1.54) is 0 Å². The van der Waals surface area contributed by atoms with Crippen molar-refractivity contribution in [3.05, 3.63) is 35.5 Å². The van der Waals surface area contributed by atoms with Crippen LogP contribution in [0.3, 0.4) is 0 Å².